The van der Waals surface area contributed by atoms with Crippen LogP contribution in [0.4, 0.5) is 16.2 Å². The summed E-state index contributed by atoms with van der Waals surface area (Å²) in [5.74, 6) is 0.151. The highest BCUT2D eigenvalue weighted by Gasteiger charge is 2.18. The van der Waals surface area contributed by atoms with E-state index in [1.807, 2.05) is 0 Å². The van der Waals surface area contributed by atoms with Gasteiger partial charge >= 0.3 is 6.09 Å². The van der Waals surface area contributed by atoms with E-state index in [9.17, 15) is 23.3 Å². The maximum atomic E-state index is 12.0. The first kappa shape index (κ1) is 20.2. The highest BCUT2D eigenvalue weighted by atomic mass is 32.2. The van der Waals surface area contributed by atoms with Crippen molar-refractivity contribution in [2.45, 2.75) is 13.5 Å². The summed E-state index contributed by atoms with van der Waals surface area (Å²) in [6.07, 6.45) is 0.352. The summed E-state index contributed by atoms with van der Waals surface area (Å²) >= 11 is 0. The number of non-ortho nitro benzene ring substituents is 1. The lowest BCUT2D eigenvalue weighted by Gasteiger charge is -2.23. The molecule has 2 aromatic rings. The fourth-order valence-corrected chi connectivity index (χ4v) is 3.44. The third-order valence-corrected chi connectivity index (χ3v) is 4.88. The zero-order valence-electron chi connectivity index (χ0n) is 14.8. The summed E-state index contributed by atoms with van der Waals surface area (Å²) in [6, 6.07) is 11.9. The Morgan fingerprint density at radius 3 is 2.37 bits per heavy atom. The first-order valence-electron chi connectivity index (χ1n) is 7.98. The molecule has 0 atom stereocenters. The van der Waals surface area contributed by atoms with Gasteiger partial charge in [0.25, 0.3) is 5.69 Å². The second kappa shape index (κ2) is 8.49. The second-order valence-electron chi connectivity index (χ2n) is 5.55. The van der Waals surface area contributed by atoms with E-state index in [0.717, 1.165) is 6.26 Å². The van der Waals surface area contributed by atoms with Crippen LogP contribution in [0.2, 0.25) is 0 Å². The Morgan fingerprint density at radius 1 is 1.19 bits per heavy atom. The number of nitro benzene ring substituents is 1. The van der Waals surface area contributed by atoms with Gasteiger partial charge in [-0.15, -0.1) is 0 Å². The average Bonchev–Trinajstić information content (AvgIpc) is 2.61. The van der Waals surface area contributed by atoms with Crippen LogP contribution in [0.3, 0.4) is 0 Å². The van der Waals surface area contributed by atoms with Crippen LogP contribution in [0, 0.1) is 10.1 Å². The molecule has 10 heteroatoms. The monoisotopic (exact) mass is 393 g/mol. The lowest BCUT2D eigenvalue weighted by Crippen LogP contribution is -2.32. The SMILES string of the molecule is CCN(c1ccccc1CNC(=O)Oc1ccc([N+](=O)[O-])cc1)S(C)(=O)=O. The van der Waals surface area contributed by atoms with Gasteiger partial charge in [0, 0.05) is 25.2 Å². The highest BCUT2D eigenvalue weighted by Crippen LogP contribution is 2.23. The quantitative estimate of drug-likeness (QED) is 0.570. The van der Waals surface area contributed by atoms with Crippen molar-refractivity contribution in [2.75, 3.05) is 17.1 Å². The minimum atomic E-state index is -3.45. The van der Waals surface area contributed by atoms with Crippen molar-refractivity contribution < 1.29 is 22.9 Å². The number of nitrogens with one attached hydrogen (secondary N) is 1. The number of ether oxygens (including phenoxy) is 1. The van der Waals surface area contributed by atoms with Gasteiger partial charge in [-0.05, 0) is 30.7 Å². The molecule has 0 saturated heterocycles. The molecule has 0 saturated carbocycles. The predicted octanol–water partition coefficient (Wildman–Crippen LogP) is 2.67. The van der Waals surface area contributed by atoms with Gasteiger partial charge in [-0.3, -0.25) is 14.4 Å². The summed E-state index contributed by atoms with van der Waals surface area (Å²) in [4.78, 5) is 22.0. The number of nitrogens with zero attached hydrogens (tertiary/aromatic N) is 2. The van der Waals surface area contributed by atoms with Crippen LogP contribution in [0.5, 0.6) is 5.75 Å². The molecule has 144 valence electrons. The Morgan fingerprint density at radius 2 is 1.81 bits per heavy atom. The Labute approximate surface area is 156 Å². The van der Waals surface area contributed by atoms with Crippen LogP contribution >= 0.6 is 0 Å². The molecule has 9 nitrogen and oxygen atoms in total. The maximum Gasteiger partial charge on any atom is 0.412 e. The van der Waals surface area contributed by atoms with E-state index >= 15 is 0 Å². The fraction of sp³-hybridized carbons (Fsp3) is 0.235. The number of para-hydroxylation sites is 1. The smallest absolute Gasteiger partial charge is 0.410 e. The van der Waals surface area contributed by atoms with Crippen molar-refractivity contribution in [2.24, 2.45) is 0 Å². The lowest BCUT2D eigenvalue weighted by atomic mass is 10.2. The molecule has 2 rings (SSSR count). The van der Waals surface area contributed by atoms with E-state index in [-0.39, 0.29) is 24.5 Å². The summed E-state index contributed by atoms with van der Waals surface area (Å²) in [7, 11) is -3.45. The minimum absolute atomic E-state index is 0.0496. The lowest BCUT2D eigenvalue weighted by molar-refractivity contribution is -0.384. The number of amides is 1. The van der Waals surface area contributed by atoms with Crippen molar-refractivity contribution >= 4 is 27.5 Å². The first-order chi connectivity index (χ1) is 12.7. The van der Waals surface area contributed by atoms with Crippen molar-refractivity contribution in [3.05, 3.63) is 64.2 Å². The van der Waals surface area contributed by atoms with Gasteiger partial charge in [0.15, 0.2) is 0 Å². The van der Waals surface area contributed by atoms with Gasteiger partial charge in [-0.2, -0.15) is 0 Å². The van der Waals surface area contributed by atoms with Crippen molar-refractivity contribution in [1.29, 1.82) is 0 Å². The van der Waals surface area contributed by atoms with Crippen LogP contribution in [-0.4, -0.2) is 32.2 Å². The Kier molecular flexibility index (Phi) is 6.35. The molecule has 27 heavy (non-hydrogen) atoms. The Balaban J connectivity index is 2.06. The highest BCUT2D eigenvalue weighted by molar-refractivity contribution is 7.92. The van der Waals surface area contributed by atoms with Crippen molar-refractivity contribution in [3.8, 4) is 5.75 Å². The third-order valence-electron chi connectivity index (χ3n) is 3.63. The number of benzene rings is 2. The number of anilines is 1. The van der Waals surface area contributed by atoms with Crippen LogP contribution in [0.25, 0.3) is 0 Å². The summed E-state index contributed by atoms with van der Waals surface area (Å²) in [5, 5.41) is 13.2. The summed E-state index contributed by atoms with van der Waals surface area (Å²) < 4.78 is 30.2. The molecule has 0 fully saturated rings. The van der Waals surface area contributed by atoms with E-state index in [2.05, 4.69) is 5.32 Å². The van der Waals surface area contributed by atoms with E-state index < -0.39 is 21.0 Å². The van der Waals surface area contributed by atoms with E-state index in [1.165, 1.54) is 28.6 Å². The largest absolute Gasteiger partial charge is 0.412 e. The molecule has 2 aromatic carbocycles. The molecule has 0 bridgehead atoms. The topological polar surface area (TPSA) is 119 Å². The van der Waals surface area contributed by atoms with Crippen molar-refractivity contribution in [1.82, 2.24) is 5.32 Å². The number of hydrogen-bond donors (Lipinski definition) is 1. The first-order valence-corrected chi connectivity index (χ1v) is 9.83. The van der Waals surface area contributed by atoms with Gasteiger partial charge in [0.1, 0.15) is 5.75 Å². The summed E-state index contributed by atoms with van der Waals surface area (Å²) in [5.41, 5.74) is 0.959. The van der Waals surface area contributed by atoms with Crippen LogP contribution in [-0.2, 0) is 16.6 Å². The number of nitro groups is 1. The fourth-order valence-electron chi connectivity index (χ4n) is 2.43. The zero-order valence-corrected chi connectivity index (χ0v) is 15.6. The third kappa shape index (κ3) is 5.42. The molecule has 0 aromatic heterocycles. The normalized spacial score (nSPS) is 10.9. The Hall–Kier alpha value is -3.14. The van der Waals surface area contributed by atoms with Crippen LogP contribution in [0.1, 0.15) is 12.5 Å². The predicted molar refractivity (Wildman–Crippen MR) is 100 cm³/mol. The van der Waals surface area contributed by atoms with Gasteiger partial charge < -0.3 is 10.1 Å². The van der Waals surface area contributed by atoms with E-state index in [4.69, 9.17) is 4.74 Å². The molecular formula is C17H19N3O6S. The minimum Gasteiger partial charge on any atom is -0.410 e. The van der Waals surface area contributed by atoms with Gasteiger partial charge in [-0.25, -0.2) is 13.2 Å². The summed E-state index contributed by atoms with van der Waals surface area (Å²) in [6.45, 7) is 2.02. The molecule has 1 amide bonds. The number of hydrogen-bond acceptors (Lipinski definition) is 6. The van der Waals surface area contributed by atoms with Gasteiger partial charge in [0.2, 0.25) is 10.0 Å². The average molecular weight is 393 g/mol. The molecule has 0 radical (unpaired) electrons. The molecule has 0 spiro atoms. The maximum absolute atomic E-state index is 12.0. The molecule has 0 aliphatic rings. The molecule has 0 unspecified atom stereocenters. The van der Waals surface area contributed by atoms with Crippen LogP contribution < -0.4 is 14.4 Å². The van der Waals surface area contributed by atoms with E-state index in [1.54, 1.807) is 31.2 Å². The zero-order chi connectivity index (χ0) is 20.0. The second-order valence-corrected chi connectivity index (χ2v) is 7.46. The number of sulfonamides is 1. The molecule has 1 N–H and O–H groups in total. The van der Waals surface area contributed by atoms with Gasteiger partial charge in [0.05, 0.1) is 16.9 Å². The number of carbonyl (C=O) groups is 1. The number of rotatable bonds is 7. The Bertz CT molecular complexity index is 928. The molecule has 0 aliphatic carbocycles. The molecule has 0 heterocycles. The van der Waals surface area contributed by atoms with Crippen LogP contribution in [0.15, 0.2) is 48.5 Å². The van der Waals surface area contributed by atoms with Crippen molar-refractivity contribution in [3.63, 3.8) is 0 Å². The number of carbonyl (C=O) groups excluding carboxylic acids is 1. The molecule has 0 aliphatic heterocycles. The standard InChI is InChI=1S/C17H19N3O6S/c1-3-19(27(2,24)25)16-7-5-4-6-13(16)12-18-17(21)26-15-10-8-14(9-11-15)20(22)23/h4-11H,3,12H2,1-2H3,(H,18,21). The molecular weight excluding hydrogens is 374 g/mol. The van der Waals surface area contributed by atoms with E-state index in [0.29, 0.717) is 11.3 Å². The van der Waals surface area contributed by atoms with Gasteiger partial charge in [-0.1, -0.05) is 18.2 Å².